The zero-order valence-corrected chi connectivity index (χ0v) is 18.3. The van der Waals surface area contributed by atoms with E-state index in [4.69, 9.17) is 9.26 Å². The number of hydrogen-bond acceptors (Lipinski definition) is 8. The summed E-state index contributed by atoms with van der Waals surface area (Å²) in [5.74, 6) is 2.63. The summed E-state index contributed by atoms with van der Waals surface area (Å²) in [6.45, 7) is 2.84. The Bertz CT molecular complexity index is 1200. The van der Waals surface area contributed by atoms with Gasteiger partial charge in [-0.15, -0.1) is 11.3 Å². The summed E-state index contributed by atoms with van der Waals surface area (Å²) in [7, 11) is 1.62. The Labute approximate surface area is 189 Å². The van der Waals surface area contributed by atoms with E-state index in [2.05, 4.69) is 20.0 Å². The fourth-order valence-electron chi connectivity index (χ4n) is 3.58. The molecule has 0 N–H and O–H groups in total. The molecule has 1 aromatic carbocycles. The Morgan fingerprint density at radius 1 is 1.03 bits per heavy atom. The van der Waals surface area contributed by atoms with E-state index in [0.717, 1.165) is 35.1 Å². The number of rotatable bonds is 5. The van der Waals surface area contributed by atoms with Gasteiger partial charge in [-0.05, 0) is 48.5 Å². The molecule has 1 saturated heterocycles. The van der Waals surface area contributed by atoms with Gasteiger partial charge in [0.2, 0.25) is 5.82 Å². The summed E-state index contributed by atoms with van der Waals surface area (Å²) < 4.78 is 10.6. The highest BCUT2D eigenvalue weighted by Gasteiger charge is 2.24. The fourth-order valence-corrected chi connectivity index (χ4v) is 4.48. The second-order valence-electron chi connectivity index (χ2n) is 7.28. The highest BCUT2D eigenvalue weighted by atomic mass is 32.1. The molecule has 0 aliphatic carbocycles. The summed E-state index contributed by atoms with van der Waals surface area (Å²) in [5, 5.41) is 4.09. The number of pyridine rings is 1. The molecular weight excluding hydrogens is 426 g/mol. The Morgan fingerprint density at radius 3 is 2.56 bits per heavy atom. The molecule has 8 nitrogen and oxygen atoms in total. The summed E-state index contributed by atoms with van der Waals surface area (Å²) in [6.07, 6.45) is 1.79. The number of amides is 1. The lowest BCUT2D eigenvalue weighted by Gasteiger charge is -2.35. The number of piperazine rings is 1. The standard InChI is InChI=1S/C23H21N5O3S/c1-30-17-7-5-16(6-8-17)22-25-21(26-31-22)18-9-10-19(32-18)23(29)28-14-12-27(13-15-28)20-4-2-3-11-24-20/h2-11H,12-15H2,1H3. The molecule has 0 unspecified atom stereocenters. The van der Waals surface area contributed by atoms with Gasteiger partial charge in [-0.2, -0.15) is 4.98 Å². The second kappa shape index (κ2) is 8.80. The number of hydrogen-bond donors (Lipinski definition) is 0. The van der Waals surface area contributed by atoms with Crippen LogP contribution < -0.4 is 9.64 Å². The first-order valence-corrected chi connectivity index (χ1v) is 11.1. The van der Waals surface area contributed by atoms with E-state index in [1.807, 2.05) is 59.5 Å². The summed E-state index contributed by atoms with van der Waals surface area (Å²) in [5.41, 5.74) is 0.809. The van der Waals surface area contributed by atoms with Gasteiger partial charge in [0, 0.05) is 37.9 Å². The zero-order valence-electron chi connectivity index (χ0n) is 17.5. The van der Waals surface area contributed by atoms with Crippen molar-refractivity contribution in [3.8, 4) is 27.9 Å². The van der Waals surface area contributed by atoms with Crippen LogP contribution in [0.3, 0.4) is 0 Å². The lowest BCUT2D eigenvalue weighted by atomic mass is 10.2. The number of methoxy groups -OCH3 is 1. The maximum Gasteiger partial charge on any atom is 0.264 e. The van der Waals surface area contributed by atoms with Gasteiger partial charge in [-0.1, -0.05) is 11.2 Å². The Hall–Kier alpha value is -3.72. The van der Waals surface area contributed by atoms with Gasteiger partial charge in [0.05, 0.1) is 16.9 Å². The van der Waals surface area contributed by atoms with Crippen molar-refractivity contribution >= 4 is 23.1 Å². The van der Waals surface area contributed by atoms with Crippen molar-refractivity contribution in [3.05, 3.63) is 65.7 Å². The third-order valence-electron chi connectivity index (χ3n) is 5.34. The van der Waals surface area contributed by atoms with Crippen molar-refractivity contribution in [1.82, 2.24) is 20.0 Å². The van der Waals surface area contributed by atoms with Crippen LogP contribution in [0.15, 0.2) is 65.3 Å². The first-order chi connectivity index (χ1) is 15.7. The topological polar surface area (TPSA) is 84.6 Å². The van der Waals surface area contributed by atoms with Crippen molar-refractivity contribution in [1.29, 1.82) is 0 Å². The van der Waals surface area contributed by atoms with Crippen molar-refractivity contribution < 1.29 is 14.1 Å². The smallest absolute Gasteiger partial charge is 0.264 e. The maximum absolute atomic E-state index is 13.0. The van der Waals surface area contributed by atoms with Crippen LogP contribution in [0.25, 0.3) is 22.2 Å². The van der Waals surface area contributed by atoms with Gasteiger partial charge in [-0.25, -0.2) is 4.98 Å². The number of carbonyl (C=O) groups excluding carboxylic acids is 1. The van der Waals surface area contributed by atoms with Gasteiger partial charge in [0.25, 0.3) is 11.8 Å². The average Bonchev–Trinajstić information content (AvgIpc) is 3.55. The first kappa shape index (κ1) is 20.2. The van der Waals surface area contributed by atoms with Gasteiger partial charge in [0.1, 0.15) is 11.6 Å². The van der Waals surface area contributed by atoms with Crippen LogP contribution in [-0.4, -0.2) is 59.2 Å². The molecule has 4 aromatic rings. The van der Waals surface area contributed by atoms with E-state index in [9.17, 15) is 4.79 Å². The number of benzene rings is 1. The van der Waals surface area contributed by atoms with Crippen molar-refractivity contribution in [2.24, 2.45) is 0 Å². The van der Waals surface area contributed by atoms with Crippen molar-refractivity contribution in [2.75, 3.05) is 38.2 Å². The number of carbonyl (C=O) groups is 1. The predicted molar refractivity (Wildman–Crippen MR) is 122 cm³/mol. The molecule has 3 aromatic heterocycles. The Kier molecular flexibility index (Phi) is 5.55. The molecular formula is C23H21N5O3S. The largest absolute Gasteiger partial charge is 0.497 e. The molecule has 0 bridgehead atoms. The predicted octanol–water partition coefficient (Wildman–Crippen LogP) is 3.83. The van der Waals surface area contributed by atoms with E-state index < -0.39 is 0 Å². The van der Waals surface area contributed by atoms with E-state index in [0.29, 0.717) is 29.7 Å². The molecule has 1 aliphatic heterocycles. The second-order valence-corrected chi connectivity index (χ2v) is 8.37. The lowest BCUT2D eigenvalue weighted by molar-refractivity contribution is 0.0751. The summed E-state index contributed by atoms with van der Waals surface area (Å²) in [6, 6.07) is 17.0. The number of aromatic nitrogens is 3. The fraction of sp³-hybridized carbons (Fsp3) is 0.217. The molecule has 162 valence electrons. The minimum atomic E-state index is 0.0285. The molecule has 1 amide bonds. The molecule has 0 radical (unpaired) electrons. The van der Waals surface area contributed by atoms with Gasteiger partial charge in [0.15, 0.2) is 0 Å². The van der Waals surface area contributed by atoms with E-state index in [-0.39, 0.29) is 5.91 Å². The average molecular weight is 448 g/mol. The van der Waals surface area contributed by atoms with Crippen molar-refractivity contribution in [2.45, 2.75) is 0 Å². The molecule has 1 fully saturated rings. The zero-order chi connectivity index (χ0) is 21.9. The van der Waals surface area contributed by atoms with E-state index >= 15 is 0 Å². The summed E-state index contributed by atoms with van der Waals surface area (Å²) in [4.78, 5) is 27.4. The number of anilines is 1. The monoisotopic (exact) mass is 447 g/mol. The van der Waals surface area contributed by atoms with Crippen LogP contribution in [0.5, 0.6) is 5.75 Å². The van der Waals surface area contributed by atoms with Gasteiger partial charge in [-0.3, -0.25) is 4.79 Å². The number of ether oxygens (including phenoxy) is 1. The van der Waals surface area contributed by atoms with Crippen LogP contribution >= 0.6 is 11.3 Å². The van der Waals surface area contributed by atoms with Crippen LogP contribution in [0.4, 0.5) is 5.82 Å². The van der Waals surface area contributed by atoms with Crippen LogP contribution in [0, 0.1) is 0 Å². The van der Waals surface area contributed by atoms with Crippen LogP contribution in [0.2, 0.25) is 0 Å². The SMILES string of the molecule is COc1ccc(-c2nc(-c3ccc(C(=O)N4CCN(c5ccccn5)CC4)s3)no2)cc1. The highest BCUT2D eigenvalue weighted by Crippen LogP contribution is 2.29. The van der Waals surface area contributed by atoms with Gasteiger partial charge >= 0.3 is 0 Å². The normalized spacial score (nSPS) is 13.9. The highest BCUT2D eigenvalue weighted by molar-refractivity contribution is 7.17. The third-order valence-corrected chi connectivity index (χ3v) is 6.41. The van der Waals surface area contributed by atoms with E-state index in [1.165, 1.54) is 11.3 Å². The Morgan fingerprint density at radius 2 is 1.84 bits per heavy atom. The first-order valence-electron chi connectivity index (χ1n) is 10.2. The molecule has 0 saturated carbocycles. The minimum Gasteiger partial charge on any atom is -0.497 e. The molecule has 5 rings (SSSR count). The molecule has 32 heavy (non-hydrogen) atoms. The van der Waals surface area contributed by atoms with E-state index in [1.54, 1.807) is 13.3 Å². The number of nitrogens with zero attached hydrogens (tertiary/aromatic N) is 5. The van der Waals surface area contributed by atoms with Crippen LogP contribution in [0.1, 0.15) is 9.67 Å². The lowest BCUT2D eigenvalue weighted by Crippen LogP contribution is -2.48. The molecule has 4 heterocycles. The molecule has 9 heteroatoms. The van der Waals surface area contributed by atoms with Crippen LogP contribution in [-0.2, 0) is 0 Å². The molecule has 1 aliphatic rings. The molecule has 0 atom stereocenters. The third kappa shape index (κ3) is 4.06. The Balaban J connectivity index is 1.25. The summed E-state index contributed by atoms with van der Waals surface area (Å²) >= 11 is 1.38. The van der Waals surface area contributed by atoms with Crippen molar-refractivity contribution in [3.63, 3.8) is 0 Å². The minimum absolute atomic E-state index is 0.0285. The molecule has 0 spiro atoms. The van der Waals surface area contributed by atoms with Gasteiger partial charge < -0.3 is 19.1 Å². The maximum atomic E-state index is 13.0. The number of thiophene rings is 1. The quantitative estimate of drug-likeness (QED) is 0.460.